The molecule has 3 rings (SSSR count). The summed E-state index contributed by atoms with van der Waals surface area (Å²) in [6.45, 7) is 3.18. The van der Waals surface area contributed by atoms with Crippen molar-refractivity contribution in [3.63, 3.8) is 0 Å². The fraction of sp³-hybridized carbons (Fsp3) is 0.400. The first-order valence-electron chi connectivity index (χ1n) is 6.69. The number of rotatable bonds is 2. The van der Waals surface area contributed by atoms with Gasteiger partial charge < -0.3 is 15.0 Å². The number of amides is 1. The first-order valence-corrected chi connectivity index (χ1v) is 6.69. The van der Waals surface area contributed by atoms with Crippen LogP contribution >= 0.6 is 0 Å². The summed E-state index contributed by atoms with van der Waals surface area (Å²) in [4.78, 5) is 17.4. The second-order valence-electron chi connectivity index (χ2n) is 5.32. The van der Waals surface area contributed by atoms with Gasteiger partial charge >= 0.3 is 0 Å². The fourth-order valence-corrected chi connectivity index (χ4v) is 2.73. The number of aromatic amines is 1. The lowest BCUT2D eigenvalue weighted by Gasteiger charge is -2.17. The van der Waals surface area contributed by atoms with Crippen LogP contribution in [0.5, 0.6) is 0 Å². The molecule has 2 unspecified atom stereocenters. The lowest BCUT2D eigenvalue weighted by molar-refractivity contribution is 0.0762. The second-order valence-corrected chi connectivity index (χ2v) is 5.32. The Morgan fingerprint density at radius 2 is 2.32 bits per heavy atom. The molecule has 1 aromatic carbocycles. The molecule has 0 aliphatic carbocycles. The van der Waals surface area contributed by atoms with Gasteiger partial charge in [0, 0.05) is 36.3 Å². The summed E-state index contributed by atoms with van der Waals surface area (Å²) in [5, 5.41) is 10.7. The number of H-pyrrole nitrogens is 1. The van der Waals surface area contributed by atoms with E-state index in [1.807, 2.05) is 35.4 Å². The molecule has 2 N–H and O–H groups in total. The van der Waals surface area contributed by atoms with Gasteiger partial charge in [0.1, 0.15) is 0 Å². The molecule has 0 saturated carbocycles. The van der Waals surface area contributed by atoms with Crippen molar-refractivity contribution in [1.29, 1.82) is 0 Å². The van der Waals surface area contributed by atoms with Crippen LogP contribution in [0.2, 0.25) is 0 Å². The highest BCUT2D eigenvalue weighted by molar-refractivity contribution is 5.98. The van der Waals surface area contributed by atoms with Crippen molar-refractivity contribution in [1.82, 2.24) is 9.88 Å². The van der Waals surface area contributed by atoms with Gasteiger partial charge in [-0.2, -0.15) is 0 Å². The van der Waals surface area contributed by atoms with E-state index in [2.05, 4.69) is 4.98 Å². The van der Waals surface area contributed by atoms with Crippen molar-refractivity contribution in [2.45, 2.75) is 19.4 Å². The highest BCUT2D eigenvalue weighted by atomic mass is 16.3. The molecule has 1 saturated heterocycles. The van der Waals surface area contributed by atoms with Crippen LogP contribution in [0.15, 0.2) is 30.5 Å². The Kier molecular flexibility index (Phi) is 3.03. The van der Waals surface area contributed by atoms with Gasteiger partial charge in [-0.3, -0.25) is 4.79 Å². The number of aromatic nitrogens is 1. The molecule has 4 heteroatoms. The quantitative estimate of drug-likeness (QED) is 0.865. The maximum absolute atomic E-state index is 12.4. The molecular formula is C15H18N2O2. The molecule has 1 amide bonds. The molecule has 1 aliphatic heterocycles. The molecule has 2 aromatic rings. The predicted octanol–water partition coefficient (Wildman–Crippen LogP) is 2.01. The van der Waals surface area contributed by atoms with E-state index in [-0.39, 0.29) is 17.9 Å². The molecular weight excluding hydrogens is 240 g/mol. The summed E-state index contributed by atoms with van der Waals surface area (Å²) in [6, 6.07) is 7.71. The summed E-state index contributed by atoms with van der Waals surface area (Å²) < 4.78 is 0. The van der Waals surface area contributed by atoms with Gasteiger partial charge in [0.25, 0.3) is 5.91 Å². The zero-order valence-corrected chi connectivity index (χ0v) is 11.0. The van der Waals surface area contributed by atoms with Gasteiger partial charge in [-0.25, -0.2) is 0 Å². The van der Waals surface area contributed by atoms with Crippen LogP contribution in [0.25, 0.3) is 10.9 Å². The van der Waals surface area contributed by atoms with Crippen LogP contribution in [-0.4, -0.2) is 40.1 Å². The minimum atomic E-state index is -0.344. The summed E-state index contributed by atoms with van der Waals surface area (Å²) in [6.07, 6.45) is 2.41. The Hall–Kier alpha value is -1.81. The van der Waals surface area contributed by atoms with Gasteiger partial charge in [0.2, 0.25) is 0 Å². The van der Waals surface area contributed by atoms with Crippen LogP contribution in [0.3, 0.4) is 0 Å². The van der Waals surface area contributed by atoms with E-state index in [1.165, 1.54) is 0 Å². The lowest BCUT2D eigenvalue weighted by Crippen LogP contribution is -2.30. The minimum absolute atomic E-state index is 0.0552. The average Bonchev–Trinajstić information content (AvgIpc) is 3.06. The topological polar surface area (TPSA) is 56.3 Å². The number of aliphatic hydroxyl groups is 1. The zero-order valence-electron chi connectivity index (χ0n) is 11.0. The number of likely N-dealkylation sites (tertiary alicyclic amines) is 1. The van der Waals surface area contributed by atoms with Gasteiger partial charge in [-0.05, 0) is 36.9 Å². The maximum Gasteiger partial charge on any atom is 0.253 e. The Morgan fingerprint density at radius 3 is 3.05 bits per heavy atom. The Morgan fingerprint density at radius 1 is 1.47 bits per heavy atom. The van der Waals surface area contributed by atoms with Gasteiger partial charge in [0.15, 0.2) is 0 Å². The number of nitrogens with one attached hydrogen (secondary N) is 1. The fourth-order valence-electron chi connectivity index (χ4n) is 2.73. The maximum atomic E-state index is 12.4. The monoisotopic (exact) mass is 258 g/mol. The van der Waals surface area contributed by atoms with Gasteiger partial charge in [-0.1, -0.05) is 6.07 Å². The van der Waals surface area contributed by atoms with Crippen molar-refractivity contribution in [3.05, 3.63) is 36.0 Å². The van der Waals surface area contributed by atoms with E-state index < -0.39 is 0 Å². The number of hydrogen-bond acceptors (Lipinski definition) is 2. The number of aliphatic hydroxyl groups excluding tert-OH is 1. The lowest BCUT2D eigenvalue weighted by atomic mass is 10.0. The van der Waals surface area contributed by atoms with Crippen LogP contribution in [0.1, 0.15) is 23.7 Å². The summed E-state index contributed by atoms with van der Waals surface area (Å²) in [5.74, 6) is 0.262. The Balaban J connectivity index is 1.80. The van der Waals surface area contributed by atoms with E-state index in [1.54, 1.807) is 6.92 Å². The molecule has 1 fully saturated rings. The normalized spacial score (nSPS) is 20.9. The third kappa shape index (κ3) is 2.24. The molecule has 2 atom stereocenters. The highest BCUT2D eigenvalue weighted by Crippen LogP contribution is 2.22. The molecule has 4 nitrogen and oxygen atoms in total. The SMILES string of the molecule is CC(O)C1CCN(C(=O)c2ccc3cc[nH]c3c2)C1. The number of benzene rings is 1. The number of fused-ring (bicyclic) bond motifs is 1. The predicted molar refractivity (Wildman–Crippen MR) is 74.0 cm³/mol. The molecule has 1 aliphatic rings. The van der Waals surface area contributed by atoms with Crippen molar-refractivity contribution < 1.29 is 9.90 Å². The van der Waals surface area contributed by atoms with E-state index in [0.29, 0.717) is 12.1 Å². The van der Waals surface area contributed by atoms with Crippen LogP contribution in [0, 0.1) is 5.92 Å². The standard InChI is InChI=1S/C15H18N2O2/c1-10(18)13-5-7-17(9-13)15(19)12-3-2-11-4-6-16-14(11)8-12/h2-4,6,8,10,13,16,18H,5,7,9H2,1H3. The molecule has 2 heterocycles. The number of carbonyl (C=O) groups is 1. The van der Waals surface area contributed by atoms with Crippen molar-refractivity contribution in [2.75, 3.05) is 13.1 Å². The van der Waals surface area contributed by atoms with Gasteiger partial charge in [0.05, 0.1) is 6.10 Å². The first-order chi connectivity index (χ1) is 9.15. The van der Waals surface area contributed by atoms with E-state index >= 15 is 0 Å². The van der Waals surface area contributed by atoms with Crippen LogP contribution < -0.4 is 0 Å². The minimum Gasteiger partial charge on any atom is -0.393 e. The van der Waals surface area contributed by atoms with Crippen LogP contribution in [-0.2, 0) is 0 Å². The summed E-state index contributed by atoms with van der Waals surface area (Å²) >= 11 is 0. The number of nitrogens with zero attached hydrogens (tertiary/aromatic N) is 1. The van der Waals surface area contributed by atoms with Crippen LogP contribution in [0.4, 0.5) is 0 Å². The second kappa shape index (κ2) is 4.70. The third-order valence-electron chi connectivity index (χ3n) is 4.00. The van der Waals surface area contributed by atoms with Crippen molar-refractivity contribution in [3.8, 4) is 0 Å². The molecule has 1 aromatic heterocycles. The molecule has 19 heavy (non-hydrogen) atoms. The Labute approximate surface area is 112 Å². The summed E-state index contributed by atoms with van der Waals surface area (Å²) in [7, 11) is 0. The van der Waals surface area contributed by atoms with E-state index in [4.69, 9.17) is 0 Å². The number of hydrogen-bond donors (Lipinski definition) is 2. The zero-order chi connectivity index (χ0) is 13.4. The molecule has 0 spiro atoms. The third-order valence-corrected chi connectivity index (χ3v) is 4.00. The van der Waals surface area contributed by atoms with E-state index in [0.717, 1.165) is 23.9 Å². The first kappa shape index (κ1) is 12.2. The molecule has 0 bridgehead atoms. The highest BCUT2D eigenvalue weighted by Gasteiger charge is 2.29. The molecule has 0 radical (unpaired) electrons. The van der Waals surface area contributed by atoms with E-state index in [9.17, 15) is 9.90 Å². The smallest absolute Gasteiger partial charge is 0.253 e. The Bertz CT molecular complexity index is 603. The summed E-state index contributed by atoms with van der Waals surface area (Å²) in [5.41, 5.74) is 1.69. The van der Waals surface area contributed by atoms with Gasteiger partial charge in [-0.15, -0.1) is 0 Å². The van der Waals surface area contributed by atoms with Crippen molar-refractivity contribution >= 4 is 16.8 Å². The van der Waals surface area contributed by atoms with Crippen molar-refractivity contribution in [2.24, 2.45) is 5.92 Å². The molecule has 100 valence electrons. The average molecular weight is 258 g/mol. The number of carbonyl (C=O) groups excluding carboxylic acids is 1. The largest absolute Gasteiger partial charge is 0.393 e.